The van der Waals surface area contributed by atoms with E-state index in [9.17, 15) is 10.4 Å². The van der Waals surface area contributed by atoms with Gasteiger partial charge in [-0.25, -0.2) is 0 Å². The fourth-order valence-electron chi connectivity index (χ4n) is 8.07. The molecule has 1 spiro atoms. The second-order valence-corrected chi connectivity index (χ2v) is 12.7. The molecule has 44 heavy (non-hydrogen) atoms. The van der Waals surface area contributed by atoms with Crippen LogP contribution in [0.5, 0.6) is 11.5 Å². The summed E-state index contributed by atoms with van der Waals surface area (Å²) in [5, 5.41) is 12.6. The highest BCUT2D eigenvalue weighted by Gasteiger charge is 2.50. The standard InChI is InChI=1S/C34H33N7O3/c1-20-15-33(2,3)18-34(16-20)28-8-6-5-7-24(28)32-27-11-21(17-37-40-35)25(13-26(27)30(39-42)14-29(32)34)23-10-9-22(43-4)12-31(23)44-19-38-41-36/h5-14,20H,15-19H2,1-4H3. The van der Waals surface area contributed by atoms with E-state index in [1.807, 2.05) is 24.3 Å². The molecule has 1 saturated carbocycles. The molecule has 2 unspecified atom stereocenters. The smallest absolute Gasteiger partial charge is 0.167 e. The third-order valence-corrected chi connectivity index (χ3v) is 9.17. The van der Waals surface area contributed by atoms with E-state index in [2.05, 4.69) is 70.3 Å². The van der Waals surface area contributed by atoms with Gasteiger partial charge in [0.2, 0.25) is 0 Å². The second kappa shape index (κ2) is 11.2. The van der Waals surface area contributed by atoms with Gasteiger partial charge in [-0.2, -0.15) is 0 Å². The number of methoxy groups -OCH3 is 1. The average molecular weight is 588 g/mol. The molecule has 10 heteroatoms. The Kier molecular flexibility index (Phi) is 7.41. The number of rotatable bonds is 8. The van der Waals surface area contributed by atoms with Crippen molar-refractivity contribution in [3.8, 4) is 33.8 Å². The van der Waals surface area contributed by atoms with Gasteiger partial charge in [0.15, 0.2) is 6.73 Å². The third kappa shape index (κ3) is 4.78. The monoisotopic (exact) mass is 587 g/mol. The number of hydrogen-bond donors (Lipinski definition) is 0. The molecule has 2 aliphatic rings. The molecule has 4 aromatic carbocycles. The number of benzene rings is 4. The average Bonchev–Trinajstić information content (AvgIpc) is 3.26. The summed E-state index contributed by atoms with van der Waals surface area (Å²) in [6, 6.07) is 19.9. The summed E-state index contributed by atoms with van der Waals surface area (Å²) in [7, 11) is 1.55. The number of nitroso groups, excluding NO2 is 1. The molecule has 0 radical (unpaired) electrons. The Morgan fingerprint density at radius 1 is 0.909 bits per heavy atom. The van der Waals surface area contributed by atoms with Crippen LogP contribution in [0.15, 0.2) is 76.1 Å². The Bertz CT molecular complexity index is 1910. The van der Waals surface area contributed by atoms with Crippen molar-refractivity contribution in [3.05, 3.63) is 103 Å². The fraction of sp³-hybridized carbons (Fsp3) is 0.353. The molecule has 0 N–H and O–H groups in total. The van der Waals surface area contributed by atoms with Gasteiger partial charge in [0.25, 0.3) is 0 Å². The molecule has 0 bridgehead atoms. The zero-order valence-electron chi connectivity index (χ0n) is 25.2. The molecule has 2 atom stereocenters. The zero-order chi connectivity index (χ0) is 31.1. The van der Waals surface area contributed by atoms with Crippen molar-refractivity contribution in [2.24, 2.45) is 26.7 Å². The lowest BCUT2D eigenvalue weighted by Gasteiger charge is -2.47. The Labute approximate surface area is 255 Å². The van der Waals surface area contributed by atoms with Gasteiger partial charge in [-0.05, 0) is 116 Å². The molecule has 0 aliphatic heterocycles. The third-order valence-electron chi connectivity index (χ3n) is 9.17. The lowest BCUT2D eigenvalue weighted by Crippen LogP contribution is -2.39. The highest BCUT2D eigenvalue weighted by Crippen LogP contribution is 2.62. The molecule has 4 aromatic rings. The van der Waals surface area contributed by atoms with Gasteiger partial charge in [0, 0.05) is 32.3 Å². The zero-order valence-corrected chi connectivity index (χ0v) is 25.2. The minimum absolute atomic E-state index is 0.0773. The number of azide groups is 2. The quantitative estimate of drug-likeness (QED) is 0.0874. The van der Waals surface area contributed by atoms with E-state index in [1.165, 1.54) is 11.1 Å². The summed E-state index contributed by atoms with van der Waals surface area (Å²) in [5.41, 5.74) is 25.2. The summed E-state index contributed by atoms with van der Waals surface area (Å²) < 4.78 is 11.2. The van der Waals surface area contributed by atoms with Crippen molar-refractivity contribution in [1.82, 2.24) is 0 Å². The van der Waals surface area contributed by atoms with Gasteiger partial charge in [-0.15, -0.1) is 4.91 Å². The number of ether oxygens (including phenoxy) is 2. The first-order valence-corrected chi connectivity index (χ1v) is 14.7. The van der Waals surface area contributed by atoms with Crippen molar-refractivity contribution < 1.29 is 9.47 Å². The number of fused-ring (bicyclic) bond motifs is 7. The molecule has 1 fully saturated rings. The summed E-state index contributed by atoms with van der Waals surface area (Å²) in [6.07, 6.45) is 3.11. The summed E-state index contributed by atoms with van der Waals surface area (Å²) in [5.74, 6) is 1.48. The Morgan fingerprint density at radius 2 is 1.70 bits per heavy atom. The molecule has 0 amide bonds. The maximum absolute atomic E-state index is 12.6. The van der Waals surface area contributed by atoms with Gasteiger partial charge in [0.05, 0.1) is 13.7 Å². The van der Waals surface area contributed by atoms with Crippen LogP contribution < -0.4 is 9.47 Å². The van der Waals surface area contributed by atoms with Crippen LogP contribution in [0.25, 0.3) is 53.9 Å². The van der Waals surface area contributed by atoms with Crippen LogP contribution in [-0.4, -0.2) is 13.8 Å². The molecule has 222 valence electrons. The summed E-state index contributed by atoms with van der Waals surface area (Å²) in [4.78, 5) is 18.4. The van der Waals surface area contributed by atoms with E-state index in [0.29, 0.717) is 39.6 Å². The first-order valence-electron chi connectivity index (χ1n) is 14.7. The molecule has 10 nitrogen and oxygen atoms in total. The number of hydrogen-bond acceptors (Lipinski definition) is 6. The maximum Gasteiger partial charge on any atom is 0.167 e. The first kappa shape index (κ1) is 29.1. The minimum atomic E-state index is -0.234. The molecule has 0 saturated heterocycles. The van der Waals surface area contributed by atoms with Crippen LogP contribution >= 0.6 is 0 Å². The molecule has 6 rings (SSSR count). The molecular weight excluding hydrogens is 554 g/mol. The minimum Gasteiger partial charge on any atom is -0.497 e. The SMILES string of the molecule is COc1ccc(-c2cc3c(N=O)cc4c(c3cc2CN=[N+]=[N-])-c2ccccc2C42CC(C)CC(C)(C)C2)c(OCN=[N+]=[N-])c1. The van der Waals surface area contributed by atoms with E-state index >= 15 is 0 Å². The van der Waals surface area contributed by atoms with Crippen molar-refractivity contribution in [3.63, 3.8) is 0 Å². The molecule has 0 aromatic heterocycles. The molecule has 2 aliphatic carbocycles. The molecule has 0 heterocycles. The predicted molar refractivity (Wildman–Crippen MR) is 172 cm³/mol. The van der Waals surface area contributed by atoms with Gasteiger partial charge in [-0.3, -0.25) is 0 Å². The van der Waals surface area contributed by atoms with Crippen LogP contribution in [0.3, 0.4) is 0 Å². The normalized spacial score (nSPS) is 19.4. The van der Waals surface area contributed by atoms with Crippen LogP contribution in [0.2, 0.25) is 0 Å². The fourth-order valence-corrected chi connectivity index (χ4v) is 8.07. The van der Waals surface area contributed by atoms with Crippen LogP contribution in [-0.2, 0) is 12.0 Å². The van der Waals surface area contributed by atoms with Crippen LogP contribution in [0.4, 0.5) is 5.69 Å². The van der Waals surface area contributed by atoms with Crippen LogP contribution in [0, 0.1) is 16.2 Å². The van der Waals surface area contributed by atoms with E-state index < -0.39 is 0 Å². The largest absolute Gasteiger partial charge is 0.497 e. The van der Waals surface area contributed by atoms with Gasteiger partial charge >= 0.3 is 0 Å². The Hall–Kier alpha value is -5.04. The Balaban J connectivity index is 1.67. The van der Waals surface area contributed by atoms with Gasteiger partial charge < -0.3 is 9.47 Å². The van der Waals surface area contributed by atoms with Crippen molar-refractivity contribution >= 4 is 16.5 Å². The van der Waals surface area contributed by atoms with Gasteiger partial charge in [-0.1, -0.05) is 55.3 Å². The van der Waals surface area contributed by atoms with Crippen LogP contribution in [0.1, 0.15) is 56.7 Å². The second-order valence-electron chi connectivity index (χ2n) is 12.7. The summed E-state index contributed by atoms with van der Waals surface area (Å²) >= 11 is 0. The highest BCUT2D eigenvalue weighted by molar-refractivity contribution is 6.09. The van der Waals surface area contributed by atoms with Crippen molar-refractivity contribution in [2.45, 2.75) is 52.0 Å². The molecular formula is C34H33N7O3. The van der Waals surface area contributed by atoms with E-state index in [0.717, 1.165) is 41.3 Å². The van der Waals surface area contributed by atoms with Crippen molar-refractivity contribution in [2.75, 3.05) is 13.8 Å². The maximum atomic E-state index is 12.6. The van der Waals surface area contributed by atoms with Gasteiger partial charge in [0.1, 0.15) is 17.2 Å². The predicted octanol–water partition coefficient (Wildman–Crippen LogP) is 10.5. The van der Waals surface area contributed by atoms with E-state index in [1.54, 1.807) is 19.2 Å². The summed E-state index contributed by atoms with van der Waals surface area (Å²) in [6.45, 7) is 6.85. The first-order chi connectivity index (χ1) is 21.2. The van der Waals surface area contributed by atoms with E-state index in [-0.39, 0.29) is 24.1 Å². The lowest BCUT2D eigenvalue weighted by molar-refractivity contribution is 0.129. The van der Waals surface area contributed by atoms with Crippen molar-refractivity contribution in [1.29, 1.82) is 0 Å². The lowest BCUT2D eigenvalue weighted by atomic mass is 9.57. The van der Waals surface area contributed by atoms with E-state index in [4.69, 9.17) is 15.0 Å². The Morgan fingerprint density at radius 3 is 2.43 bits per heavy atom. The topological polar surface area (TPSA) is 145 Å². The number of nitrogens with zero attached hydrogens (tertiary/aromatic N) is 7. The highest BCUT2D eigenvalue weighted by atomic mass is 16.5.